The molecule has 4 amide bonds. The maximum absolute atomic E-state index is 13.3. The normalized spacial score (nSPS) is 24.4. The van der Waals surface area contributed by atoms with E-state index in [9.17, 15) is 14.4 Å². The molecule has 7 heteroatoms. The Kier molecular flexibility index (Phi) is 5.54. The van der Waals surface area contributed by atoms with Crippen LogP contribution in [0.25, 0.3) is 0 Å². The van der Waals surface area contributed by atoms with Crippen molar-refractivity contribution in [1.29, 1.82) is 0 Å². The van der Waals surface area contributed by atoms with Crippen LogP contribution in [0.1, 0.15) is 29.7 Å². The van der Waals surface area contributed by atoms with Crippen LogP contribution < -0.4 is 5.32 Å². The Morgan fingerprint density at radius 3 is 2.42 bits per heavy atom. The van der Waals surface area contributed by atoms with Crippen LogP contribution in [0.15, 0.2) is 54.6 Å². The van der Waals surface area contributed by atoms with Gasteiger partial charge in [0.05, 0.1) is 6.04 Å². The monoisotopic (exact) mass is 420 g/mol. The van der Waals surface area contributed by atoms with Gasteiger partial charge in [0.15, 0.2) is 0 Å². The Morgan fingerprint density at radius 2 is 1.74 bits per heavy atom. The molecule has 2 aliphatic rings. The molecule has 2 aliphatic heterocycles. The van der Waals surface area contributed by atoms with Crippen LogP contribution in [-0.2, 0) is 15.1 Å². The maximum Gasteiger partial charge on any atom is 0.325 e. The molecule has 0 bridgehead atoms. The first-order chi connectivity index (χ1) is 14.8. The lowest BCUT2D eigenvalue weighted by Crippen LogP contribution is -2.52. The molecule has 31 heavy (non-hydrogen) atoms. The number of carbonyl (C=O) groups is 3. The number of nitrogens with one attached hydrogen (secondary N) is 1. The number of aryl methyl sites for hydroxylation is 1. The topological polar surface area (TPSA) is 73.0 Å². The fourth-order valence-electron chi connectivity index (χ4n) is 4.33. The van der Waals surface area contributed by atoms with Gasteiger partial charge in [-0.1, -0.05) is 60.2 Å². The Balaban J connectivity index is 1.54. The summed E-state index contributed by atoms with van der Waals surface area (Å²) in [5.41, 5.74) is 1.64. The van der Waals surface area contributed by atoms with Gasteiger partial charge in [-0.05, 0) is 32.0 Å². The fourth-order valence-corrected chi connectivity index (χ4v) is 4.33. The van der Waals surface area contributed by atoms with E-state index in [1.54, 1.807) is 11.8 Å². The second kappa shape index (κ2) is 8.15. The summed E-state index contributed by atoms with van der Waals surface area (Å²) in [4.78, 5) is 44.2. The molecule has 0 aliphatic carbocycles. The van der Waals surface area contributed by atoms with Gasteiger partial charge in [-0.2, -0.15) is 0 Å². The predicted molar refractivity (Wildman–Crippen MR) is 117 cm³/mol. The summed E-state index contributed by atoms with van der Waals surface area (Å²) >= 11 is 0. The number of likely N-dealkylation sites (N-methyl/N-ethyl adjacent to an activating group) is 1. The van der Waals surface area contributed by atoms with Crippen molar-refractivity contribution in [3.8, 4) is 0 Å². The standard InChI is InChI=1S/C24H28N4O3/c1-17-9-11-19(12-10-17)24(2)22(30)28(23(31)25-24)16-21(29)27-14-13-26(3)15-20(27)18-7-5-4-6-8-18/h4-12,20H,13-16H2,1-3H3,(H,25,31). The molecule has 0 aromatic heterocycles. The molecule has 1 N–H and O–H groups in total. The van der Waals surface area contributed by atoms with Gasteiger partial charge in [-0.15, -0.1) is 0 Å². The summed E-state index contributed by atoms with van der Waals surface area (Å²) in [6.07, 6.45) is 0. The van der Waals surface area contributed by atoms with Crippen LogP contribution >= 0.6 is 0 Å². The third kappa shape index (κ3) is 3.93. The number of imide groups is 1. The van der Waals surface area contributed by atoms with E-state index in [-0.39, 0.29) is 18.5 Å². The Bertz CT molecular complexity index is 992. The second-order valence-electron chi connectivity index (χ2n) is 8.59. The van der Waals surface area contributed by atoms with Gasteiger partial charge in [0.25, 0.3) is 5.91 Å². The molecule has 2 heterocycles. The van der Waals surface area contributed by atoms with Crippen molar-refractivity contribution < 1.29 is 14.4 Å². The van der Waals surface area contributed by atoms with Crippen LogP contribution in [0.2, 0.25) is 0 Å². The van der Waals surface area contributed by atoms with Gasteiger partial charge in [-0.25, -0.2) is 4.79 Å². The van der Waals surface area contributed by atoms with E-state index >= 15 is 0 Å². The molecule has 2 aromatic carbocycles. The molecule has 2 atom stereocenters. The average Bonchev–Trinajstić information content (AvgIpc) is 2.98. The minimum absolute atomic E-state index is 0.114. The highest BCUT2D eigenvalue weighted by Crippen LogP contribution is 2.30. The number of nitrogens with zero attached hydrogens (tertiary/aromatic N) is 3. The summed E-state index contributed by atoms with van der Waals surface area (Å²) in [6, 6.07) is 16.7. The molecule has 0 spiro atoms. The predicted octanol–water partition coefficient (Wildman–Crippen LogP) is 2.28. The van der Waals surface area contributed by atoms with Crippen LogP contribution in [-0.4, -0.2) is 65.8 Å². The summed E-state index contributed by atoms with van der Waals surface area (Å²) in [6.45, 7) is 5.39. The van der Waals surface area contributed by atoms with Crippen LogP contribution in [0.3, 0.4) is 0 Å². The number of benzene rings is 2. The molecule has 2 aromatic rings. The summed E-state index contributed by atoms with van der Waals surface area (Å²) < 4.78 is 0. The van der Waals surface area contributed by atoms with E-state index < -0.39 is 17.5 Å². The molecule has 2 fully saturated rings. The van der Waals surface area contributed by atoms with E-state index in [2.05, 4.69) is 10.2 Å². The fraction of sp³-hybridized carbons (Fsp3) is 0.375. The highest BCUT2D eigenvalue weighted by Gasteiger charge is 2.50. The van der Waals surface area contributed by atoms with Crippen molar-refractivity contribution in [3.63, 3.8) is 0 Å². The number of rotatable bonds is 4. The molecule has 0 radical (unpaired) electrons. The largest absolute Gasteiger partial charge is 0.332 e. The number of amides is 4. The SMILES string of the molecule is Cc1ccc(C2(C)NC(=O)N(CC(=O)N3CCN(C)CC3c3ccccc3)C2=O)cc1. The molecular formula is C24H28N4O3. The summed E-state index contributed by atoms with van der Waals surface area (Å²) in [5.74, 6) is -0.626. The first-order valence-electron chi connectivity index (χ1n) is 10.5. The summed E-state index contributed by atoms with van der Waals surface area (Å²) in [7, 11) is 2.03. The molecule has 4 rings (SSSR count). The van der Waals surface area contributed by atoms with Crippen LogP contribution in [0.4, 0.5) is 4.79 Å². The number of piperazine rings is 1. The zero-order chi connectivity index (χ0) is 22.2. The molecular weight excluding hydrogens is 392 g/mol. The van der Waals surface area contributed by atoms with Gasteiger partial charge in [0, 0.05) is 19.6 Å². The van der Waals surface area contributed by atoms with Crippen molar-refractivity contribution in [1.82, 2.24) is 20.0 Å². The number of hydrogen-bond donors (Lipinski definition) is 1. The van der Waals surface area contributed by atoms with Gasteiger partial charge >= 0.3 is 6.03 Å². The van der Waals surface area contributed by atoms with Crippen molar-refractivity contribution >= 4 is 17.8 Å². The highest BCUT2D eigenvalue weighted by atomic mass is 16.2. The first-order valence-corrected chi connectivity index (χ1v) is 10.5. The third-order valence-corrected chi connectivity index (χ3v) is 6.29. The van der Waals surface area contributed by atoms with E-state index in [1.807, 2.05) is 68.6 Å². The molecule has 2 saturated heterocycles. The van der Waals surface area contributed by atoms with Crippen molar-refractivity contribution in [2.45, 2.75) is 25.4 Å². The first kappa shape index (κ1) is 21.1. The van der Waals surface area contributed by atoms with Gasteiger partial charge in [-0.3, -0.25) is 14.5 Å². The molecule has 7 nitrogen and oxygen atoms in total. The van der Waals surface area contributed by atoms with Crippen molar-refractivity contribution in [3.05, 3.63) is 71.3 Å². The van der Waals surface area contributed by atoms with E-state index in [4.69, 9.17) is 0 Å². The molecule has 0 saturated carbocycles. The highest BCUT2D eigenvalue weighted by molar-refractivity contribution is 6.09. The maximum atomic E-state index is 13.3. The second-order valence-corrected chi connectivity index (χ2v) is 8.59. The number of urea groups is 1. The molecule has 2 unspecified atom stereocenters. The van der Waals surface area contributed by atoms with E-state index in [1.165, 1.54) is 0 Å². The average molecular weight is 421 g/mol. The quantitative estimate of drug-likeness (QED) is 0.771. The molecule has 162 valence electrons. The lowest BCUT2D eigenvalue weighted by molar-refractivity contribution is -0.142. The zero-order valence-electron chi connectivity index (χ0n) is 18.2. The van der Waals surface area contributed by atoms with E-state index in [0.29, 0.717) is 18.7 Å². The van der Waals surface area contributed by atoms with Crippen LogP contribution in [0, 0.1) is 6.92 Å². The van der Waals surface area contributed by atoms with E-state index in [0.717, 1.165) is 22.6 Å². The summed E-state index contributed by atoms with van der Waals surface area (Å²) in [5, 5.41) is 2.78. The van der Waals surface area contributed by atoms with Crippen molar-refractivity contribution in [2.24, 2.45) is 0 Å². The van der Waals surface area contributed by atoms with Crippen LogP contribution in [0.5, 0.6) is 0 Å². The smallest absolute Gasteiger partial charge is 0.325 e. The third-order valence-electron chi connectivity index (χ3n) is 6.29. The van der Waals surface area contributed by atoms with Gasteiger partial charge in [0.2, 0.25) is 5.91 Å². The zero-order valence-corrected chi connectivity index (χ0v) is 18.2. The minimum atomic E-state index is -1.17. The Labute approximate surface area is 182 Å². The van der Waals surface area contributed by atoms with Gasteiger partial charge in [0.1, 0.15) is 12.1 Å². The lowest BCUT2D eigenvalue weighted by atomic mass is 9.91. The van der Waals surface area contributed by atoms with Gasteiger partial charge < -0.3 is 15.1 Å². The Morgan fingerprint density at radius 1 is 1.06 bits per heavy atom. The number of hydrogen-bond acceptors (Lipinski definition) is 4. The number of carbonyl (C=O) groups excluding carboxylic acids is 3. The Hall–Kier alpha value is -3.19. The van der Waals surface area contributed by atoms with Crippen molar-refractivity contribution in [2.75, 3.05) is 33.2 Å². The minimum Gasteiger partial charge on any atom is -0.332 e. The lowest BCUT2D eigenvalue weighted by Gasteiger charge is -2.40.